The quantitative estimate of drug-likeness (QED) is 0.876. The second-order valence-corrected chi connectivity index (χ2v) is 4.35. The molecule has 4 nitrogen and oxygen atoms in total. The zero-order valence-electron chi connectivity index (χ0n) is 10.5. The highest BCUT2D eigenvalue weighted by molar-refractivity contribution is 7.71. The number of halogens is 2. The number of aromatic nitrogens is 3. The van der Waals surface area contributed by atoms with E-state index in [1.807, 2.05) is 6.92 Å². The van der Waals surface area contributed by atoms with E-state index in [4.69, 9.17) is 17.0 Å². The summed E-state index contributed by atoms with van der Waals surface area (Å²) in [6.45, 7) is 4.27. The lowest BCUT2D eigenvalue weighted by molar-refractivity contribution is 0.201. The van der Waals surface area contributed by atoms with E-state index < -0.39 is 17.7 Å². The summed E-state index contributed by atoms with van der Waals surface area (Å²) in [6.07, 6.45) is -0.507. The molecule has 0 aliphatic heterocycles. The number of rotatable bonds is 4. The smallest absolute Gasteiger partial charge is 0.195 e. The van der Waals surface area contributed by atoms with Crippen molar-refractivity contribution in [2.24, 2.45) is 0 Å². The van der Waals surface area contributed by atoms with Crippen LogP contribution in [0.2, 0.25) is 0 Å². The maximum atomic E-state index is 13.5. The first-order valence-corrected chi connectivity index (χ1v) is 6.20. The summed E-state index contributed by atoms with van der Waals surface area (Å²) in [5.74, 6) is -0.848. The normalized spacial score (nSPS) is 12.4. The van der Waals surface area contributed by atoms with Crippen molar-refractivity contribution in [3.8, 4) is 5.75 Å². The van der Waals surface area contributed by atoms with Gasteiger partial charge in [-0.15, -0.1) is 0 Å². The Morgan fingerprint density at radius 3 is 2.84 bits per heavy atom. The van der Waals surface area contributed by atoms with Crippen molar-refractivity contribution in [1.82, 2.24) is 14.8 Å². The van der Waals surface area contributed by atoms with Crippen molar-refractivity contribution in [3.05, 3.63) is 40.4 Å². The van der Waals surface area contributed by atoms with Crippen molar-refractivity contribution in [2.75, 3.05) is 0 Å². The molecular formula is C12H13F2N3OS. The number of hydrogen-bond donors (Lipinski definition) is 1. The van der Waals surface area contributed by atoms with Gasteiger partial charge in [-0.3, -0.25) is 5.10 Å². The van der Waals surface area contributed by atoms with Gasteiger partial charge in [0, 0.05) is 12.6 Å². The van der Waals surface area contributed by atoms with Gasteiger partial charge in [-0.25, -0.2) is 8.78 Å². The molecule has 7 heteroatoms. The largest absolute Gasteiger partial charge is 0.480 e. The van der Waals surface area contributed by atoms with Crippen molar-refractivity contribution in [3.63, 3.8) is 0 Å². The van der Waals surface area contributed by atoms with Crippen molar-refractivity contribution >= 4 is 12.2 Å². The second-order valence-electron chi connectivity index (χ2n) is 3.97. The lowest BCUT2D eigenvalue weighted by Gasteiger charge is -2.15. The van der Waals surface area contributed by atoms with E-state index >= 15 is 0 Å². The molecule has 0 bridgehead atoms. The number of aromatic amines is 1. The van der Waals surface area contributed by atoms with Gasteiger partial charge >= 0.3 is 0 Å². The predicted octanol–water partition coefficient (Wildman–Crippen LogP) is 3.38. The fraction of sp³-hybridized carbons (Fsp3) is 0.333. The first-order chi connectivity index (χ1) is 9.02. The van der Waals surface area contributed by atoms with Crippen LogP contribution in [0.1, 0.15) is 25.8 Å². The van der Waals surface area contributed by atoms with Gasteiger partial charge in [0.15, 0.2) is 28.3 Å². The van der Waals surface area contributed by atoms with Crippen LogP contribution in [0.15, 0.2) is 18.2 Å². The van der Waals surface area contributed by atoms with E-state index in [1.54, 1.807) is 11.5 Å². The summed E-state index contributed by atoms with van der Waals surface area (Å²) in [5.41, 5.74) is 0. The molecule has 0 saturated heterocycles. The number of hydrogen-bond acceptors (Lipinski definition) is 3. The Hall–Kier alpha value is -1.76. The van der Waals surface area contributed by atoms with E-state index in [2.05, 4.69) is 10.2 Å². The highest BCUT2D eigenvalue weighted by atomic mass is 32.1. The zero-order chi connectivity index (χ0) is 14.0. The molecule has 0 unspecified atom stereocenters. The molecule has 0 saturated carbocycles. The molecule has 0 amide bonds. The van der Waals surface area contributed by atoms with Crippen molar-refractivity contribution in [2.45, 2.75) is 26.5 Å². The van der Waals surface area contributed by atoms with E-state index in [0.29, 0.717) is 17.1 Å². The Balaban J connectivity index is 2.25. The lowest BCUT2D eigenvalue weighted by Crippen LogP contribution is -2.12. The number of nitrogens with zero attached hydrogens (tertiary/aromatic N) is 2. The molecule has 0 radical (unpaired) electrons. The van der Waals surface area contributed by atoms with Gasteiger partial charge < -0.3 is 9.30 Å². The summed E-state index contributed by atoms with van der Waals surface area (Å²) in [7, 11) is 0. The number of benzene rings is 1. The van der Waals surface area contributed by atoms with E-state index in [1.165, 1.54) is 6.07 Å². The minimum Gasteiger partial charge on any atom is -0.480 e. The van der Waals surface area contributed by atoms with E-state index in [0.717, 1.165) is 12.1 Å². The second kappa shape index (κ2) is 5.48. The molecule has 1 heterocycles. The molecule has 1 aromatic carbocycles. The van der Waals surface area contributed by atoms with Crippen LogP contribution in [0.5, 0.6) is 5.75 Å². The monoisotopic (exact) mass is 285 g/mol. The standard InChI is InChI=1S/C12H13F2N3OS/c1-3-17-11(15-16-12(17)19)7(2)18-10-5-4-8(13)6-9(10)14/h4-7H,3H2,1-2H3,(H,16,19)/t7-/m1/s1. The Morgan fingerprint density at radius 2 is 2.21 bits per heavy atom. The third-order valence-corrected chi connectivity index (χ3v) is 2.98. The zero-order valence-corrected chi connectivity index (χ0v) is 11.3. The fourth-order valence-corrected chi connectivity index (χ4v) is 2.03. The number of nitrogens with one attached hydrogen (secondary N) is 1. The van der Waals surface area contributed by atoms with Gasteiger partial charge in [-0.2, -0.15) is 5.10 Å². The summed E-state index contributed by atoms with van der Waals surface area (Å²) in [4.78, 5) is 0. The van der Waals surface area contributed by atoms with E-state index in [9.17, 15) is 8.78 Å². The first-order valence-electron chi connectivity index (χ1n) is 5.79. The van der Waals surface area contributed by atoms with Crippen LogP contribution >= 0.6 is 12.2 Å². The molecular weight excluding hydrogens is 272 g/mol. The number of ether oxygens (including phenoxy) is 1. The molecule has 2 aromatic rings. The minimum absolute atomic E-state index is 0.0227. The summed E-state index contributed by atoms with van der Waals surface area (Å²) in [5, 5.41) is 6.71. The molecule has 0 fully saturated rings. The Kier molecular flexibility index (Phi) is 3.94. The highest BCUT2D eigenvalue weighted by Gasteiger charge is 2.17. The Morgan fingerprint density at radius 1 is 1.47 bits per heavy atom. The molecule has 0 aliphatic rings. The third kappa shape index (κ3) is 2.81. The van der Waals surface area contributed by atoms with Gasteiger partial charge in [-0.1, -0.05) is 0 Å². The topological polar surface area (TPSA) is 42.8 Å². The number of H-pyrrole nitrogens is 1. The molecule has 19 heavy (non-hydrogen) atoms. The minimum atomic E-state index is -0.746. The van der Waals surface area contributed by atoms with Crippen molar-refractivity contribution in [1.29, 1.82) is 0 Å². The molecule has 102 valence electrons. The highest BCUT2D eigenvalue weighted by Crippen LogP contribution is 2.24. The summed E-state index contributed by atoms with van der Waals surface area (Å²) in [6, 6.07) is 3.17. The molecule has 1 atom stereocenters. The molecule has 2 rings (SSSR count). The van der Waals surface area contributed by atoms with Crippen LogP contribution in [0.25, 0.3) is 0 Å². The molecule has 1 N–H and O–H groups in total. The maximum Gasteiger partial charge on any atom is 0.195 e. The SMILES string of the molecule is CCn1c([C@@H](C)Oc2ccc(F)cc2F)n[nH]c1=S. The fourth-order valence-electron chi connectivity index (χ4n) is 1.76. The molecule has 0 aliphatic carbocycles. The van der Waals surface area contributed by atoms with E-state index in [-0.39, 0.29) is 5.75 Å². The van der Waals surface area contributed by atoms with Crippen LogP contribution in [0.4, 0.5) is 8.78 Å². The van der Waals surface area contributed by atoms with Crippen molar-refractivity contribution < 1.29 is 13.5 Å². The average molecular weight is 285 g/mol. The Bertz CT molecular complexity index is 638. The van der Waals surface area contributed by atoms with Gasteiger partial charge in [-0.05, 0) is 38.2 Å². The van der Waals surface area contributed by atoms with Gasteiger partial charge in [0.25, 0.3) is 0 Å². The van der Waals surface area contributed by atoms with Gasteiger partial charge in [0.05, 0.1) is 0 Å². The molecule has 0 spiro atoms. The van der Waals surface area contributed by atoms with Crippen LogP contribution in [-0.4, -0.2) is 14.8 Å². The van der Waals surface area contributed by atoms with Gasteiger partial charge in [0.1, 0.15) is 5.82 Å². The lowest BCUT2D eigenvalue weighted by atomic mass is 10.3. The van der Waals surface area contributed by atoms with Gasteiger partial charge in [0.2, 0.25) is 0 Å². The third-order valence-electron chi connectivity index (χ3n) is 2.67. The Labute approximate surface area is 114 Å². The van der Waals surface area contributed by atoms with Crippen LogP contribution in [-0.2, 0) is 6.54 Å². The maximum absolute atomic E-state index is 13.5. The van der Waals surface area contributed by atoms with Crippen LogP contribution in [0.3, 0.4) is 0 Å². The summed E-state index contributed by atoms with van der Waals surface area (Å²) >= 11 is 5.06. The van der Waals surface area contributed by atoms with Crippen LogP contribution in [0, 0.1) is 16.4 Å². The molecule has 1 aromatic heterocycles. The average Bonchev–Trinajstić information content (AvgIpc) is 2.74. The predicted molar refractivity (Wildman–Crippen MR) is 68.5 cm³/mol. The van der Waals surface area contributed by atoms with Crippen LogP contribution < -0.4 is 4.74 Å². The first kappa shape index (κ1) is 13.7. The summed E-state index contributed by atoms with van der Waals surface area (Å²) < 4.78 is 34.0.